The topological polar surface area (TPSA) is 135 Å². The molecule has 2 aromatic rings. The van der Waals surface area contributed by atoms with Gasteiger partial charge in [-0.25, -0.2) is 4.98 Å². The van der Waals surface area contributed by atoms with Crippen LogP contribution in [0.3, 0.4) is 0 Å². The van der Waals surface area contributed by atoms with E-state index in [1.165, 1.54) is 6.42 Å². The molecule has 1 unspecified atom stereocenters. The third kappa shape index (κ3) is 5.90. The van der Waals surface area contributed by atoms with Crippen LogP contribution in [0.4, 0.5) is 11.5 Å². The number of fused-ring (bicyclic) bond motifs is 1. The first-order chi connectivity index (χ1) is 21.8. The number of aromatic nitrogens is 1. The quantitative estimate of drug-likeness (QED) is 0.448. The van der Waals surface area contributed by atoms with Crippen LogP contribution in [-0.2, 0) is 9.59 Å². The largest absolute Gasteiger partial charge is 0.369 e. The van der Waals surface area contributed by atoms with Gasteiger partial charge in [0.15, 0.2) is 0 Å². The van der Waals surface area contributed by atoms with E-state index >= 15 is 0 Å². The van der Waals surface area contributed by atoms with Crippen LogP contribution in [0.15, 0.2) is 36.5 Å². The van der Waals surface area contributed by atoms with Crippen LogP contribution in [0.2, 0.25) is 0 Å². The maximum Gasteiger partial charge on any atom is 0.262 e. The fourth-order valence-electron chi connectivity index (χ4n) is 7.08. The van der Waals surface area contributed by atoms with Crippen molar-refractivity contribution in [2.24, 2.45) is 5.92 Å². The summed E-state index contributed by atoms with van der Waals surface area (Å²) < 4.78 is 0. The average Bonchev–Trinajstić information content (AvgIpc) is 3.28. The van der Waals surface area contributed by atoms with Crippen molar-refractivity contribution in [3.05, 3.63) is 53.2 Å². The molecule has 1 aromatic carbocycles. The molecule has 12 nitrogen and oxygen atoms in total. The fourth-order valence-corrected chi connectivity index (χ4v) is 7.08. The van der Waals surface area contributed by atoms with E-state index < -0.39 is 23.8 Å². The number of amides is 5. The number of imide groups is 2. The Morgan fingerprint density at radius 1 is 0.844 bits per heavy atom. The molecule has 5 amide bonds. The molecule has 0 spiro atoms. The number of nitrogens with zero attached hydrogens (tertiary/aromatic N) is 5. The van der Waals surface area contributed by atoms with Crippen LogP contribution in [-0.4, -0.2) is 102 Å². The summed E-state index contributed by atoms with van der Waals surface area (Å²) in [5, 5.41) is 5.31. The molecule has 3 saturated heterocycles. The van der Waals surface area contributed by atoms with Crippen LogP contribution >= 0.6 is 0 Å². The van der Waals surface area contributed by atoms with Gasteiger partial charge in [-0.15, -0.1) is 0 Å². The van der Waals surface area contributed by atoms with Crippen molar-refractivity contribution in [2.45, 2.75) is 57.0 Å². The number of pyridine rings is 1. The summed E-state index contributed by atoms with van der Waals surface area (Å²) >= 11 is 0. The number of rotatable bonds is 7. The van der Waals surface area contributed by atoms with E-state index in [0.717, 1.165) is 87.9 Å². The Morgan fingerprint density at radius 3 is 2.27 bits per heavy atom. The van der Waals surface area contributed by atoms with E-state index in [2.05, 4.69) is 30.3 Å². The molecule has 4 aliphatic heterocycles. The maximum absolute atomic E-state index is 13.2. The zero-order chi connectivity index (χ0) is 31.1. The monoisotopic (exact) mass is 613 g/mol. The van der Waals surface area contributed by atoms with Crippen molar-refractivity contribution in [3.63, 3.8) is 0 Å². The molecular formula is C33H39N7O5. The molecule has 5 aliphatic rings. The zero-order valence-electron chi connectivity index (χ0n) is 25.4. The van der Waals surface area contributed by atoms with Crippen LogP contribution in [0, 0.1) is 5.92 Å². The van der Waals surface area contributed by atoms with E-state index in [1.807, 2.05) is 18.2 Å². The Bertz CT molecular complexity index is 1510. The summed E-state index contributed by atoms with van der Waals surface area (Å²) in [6.07, 6.45) is 7.45. The Kier molecular flexibility index (Phi) is 7.99. The molecule has 1 aliphatic carbocycles. The molecule has 12 heteroatoms. The highest BCUT2D eigenvalue weighted by Crippen LogP contribution is 2.31. The minimum atomic E-state index is -0.958. The van der Waals surface area contributed by atoms with Crippen LogP contribution in [0.25, 0.3) is 0 Å². The normalized spacial score (nSPS) is 23.2. The summed E-state index contributed by atoms with van der Waals surface area (Å²) in [5.41, 5.74) is 2.14. The number of nitrogens with one attached hydrogen (secondary N) is 2. The van der Waals surface area contributed by atoms with Gasteiger partial charge in [-0.2, -0.15) is 0 Å². The van der Waals surface area contributed by atoms with Gasteiger partial charge < -0.3 is 15.1 Å². The van der Waals surface area contributed by atoms with Crippen molar-refractivity contribution >= 4 is 41.0 Å². The van der Waals surface area contributed by atoms with E-state index in [1.54, 1.807) is 18.3 Å². The molecular weight excluding hydrogens is 574 g/mol. The lowest BCUT2D eigenvalue weighted by atomic mass is 9.93. The number of benzene rings is 1. The zero-order valence-corrected chi connectivity index (χ0v) is 25.4. The molecule has 2 N–H and O–H groups in total. The Balaban J connectivity index is 0.883. The van der Waals surface area contributed by atoms with E-state index in [-0.39, 0.29) is 24.7 Å². The second-order valence-corrected chi connectivity index (χ2v) is 12.9. The second-order valence-electron chi connectivity index (χ2n) is 12.9. The second kappa shape index (κ2) is 12.2. The number of piperazine rings is 1. The standard InChI is InChI=1S/C33H39N7O5/c41-29-9-7-27(31(43)36-29)40-32(44)25-6-5-24(18-26(25)33(40)45)38-16-14-37(15-17-38)20-21-10-12-39(13-11-21)28-8-4-22(19-34-28)30(42)35-23-2-1-3-23/h4-6,8,18-19,21,23,27H,1-3,7,9-17,20H2,(H,35,42)(H,36,41,43). The highest BCUT2D eigenvalue weighted by molar-refractivity contribution is 6.23. The third-order valence-electron chi connectivity index (χ3n) is 10.1. The molecule has 4 fully saturated rings. The molecule has 5 heterocycles. The Morgan fingerprint density at radius 2 is 1.60 bits per heavy atom. The Hall–Kier alpha value is -4.32. The first-order valence-electron chi connectivity index (χ1n) is 16.2. The Labute approximate surface area is 262 Å². The van der Waals surface area contributed by atoms with Gasteiger partial charge >= 0.3 is 0 Å². The molecule has 45 heavy (non-hydrogen) atoms. The first kappa shape index (κ1) is 29.4. The molecule has 236 valence electrons. The summed E-state index contributed by atoms with van der Waals surface area (Å²) in [6.45, 7) is 6.42. The van der Waals surface area contributed by atoms with Crippen LogP contribution in [0.1, 0.15) is 76.0 Å². The van der Waals surface area contributed by atoms with Crippen molar-refractivity contribution in [3.8, 4) is 0 Å². The summed E-state index contributed by atoms with van der Waals surface area (Å²) in [7, 11) is 0. The number of hydrogen-bond acceptors (Lipinski definition) is 9. The van der Waals surface area contributed by atoms with Gasteiger partial charge in [-0.05, 0) is 74.8 Å². The van der Waals surface area contributed by atoms with Gasteiger partial charge in [-0.1, -0.05) is 0 Å². The number of piperidine rings is 2. The molecule has 0 bridgehead atoms. The fraction of sp³-hybridized carbons (Fsp3) is 0.515. The van der Waals surface area contributed by atoms with E-state index in [0.29, 0.717) is 28.7 Å². The molecule has 7 rings (SSSR count). The summed E-state index contributed by atoms with van der Waals surface area (Å²) in [6, 6.07) is 8.54. The smallest absolute Gasteiger partial charge is 0.262 e. The maximum atomic E-state index is 13.2. The van der Waals surface area contributed by atoms with Gasteiger partial charge in [0.05, 0.1) is 16.7 Å². The first-order valence-corrected chi connectivity index (χ1v) is 16.2. The van der Waals surface area contributed by atoms with Crippen molar-refractivity contribution in [1.82, 2.24) is 25.4 Å². The highest BCUT2D eigenvalue weighted by atomic mass is 16.2. The van der Waals surface area contributed by atoms with Crippen molar-refractivity contribution < 1.29 is 24.0 Å². The average molecular weight is 614 g/mol. The third-order valence-corrected chi connectivity index (χ3v) is 10.1. The molecule has 1 aromatic heterocycles. The van der Waals surface area contributed by atoms with Gasteiger partial charge in [0, 0.05) is 70.2 Å². The van der Waals surface area contributed by atoms with Gasteiger partial charge in [0.25, 0.3) is 17.7 Å². The number of carbonyl (C=O) groups is 5. The predicted molar refractivity (Wildman–Crippen MR) is 166 cm³/mol. The van der Waals surface area contributed by atoms with Gasteiger partial charge in [0.2, 0.25) is 11.8 Å². The minimum Gasteiger partial charge on any atom is -0.369 e. The lowest BCUT2D eigenvalue weighted by Gasteiger charge is -2.40. The summed E-state index contributed by atoms with van der Waals surface area (Å²) in [5.74, 6) is -0.431. The van der Waals surface area contributed by atoms with E-state index in [9.17, 15) is 24.0 Å². The van der Waals surface area contributed by atoms with Crippen molar-refractivity contribution in [2.75, 3.05) is 55.6 Å². The van der Waals surface area contributed by atoms with E-state index in [4.69, 9.17) is 0 Å². The SMILES string of the molecule is O=C1CCC(N2C(=O)c3ccc(N4CCN(CC5CCN(c6ccc(C(=O)NC7CCC7)cn6)CC5)CC4)cc3C2=O)C(=O)N1. The lowest BCUT2D eigenvalue weighted by molar-refractivity contribution is -0.136. The molecule has 1 atom stereocenters. The van der Waals surface area contributed by atoms with Gasteiger partial charge in [-0.3, -0.25) is 39.1 Å². The van der Waals surface area contributed by atoms with Crippen molar-refractivity contribution in [1.29, 1.82) is 0 Å². The molecule has 1 saturated carbocycles. The highest BCUT2D eigenvalue weighted by Gasteiger charge is 2.44. The minimum absolute atomic E-state index is 0.0336. The van der Waals surface area contributed by atoms with Crippen LogP contribution < -0.4 is 20.4 Å². The summed E-state index contributed by atoms with van der Waals surface area (Å²) in [4.78, 5) is 75.3. The number of anilines is 2. The predicted octanol–water partition coefficient (Wildman–Crippen LogP) is 1.80. The number of carbonyl (C=O) groups excluding carboxylic acids is 5. The van der Waals surface area contributed by atoms with Crippen LogP contribution in [0.5, 0.6) is 0 Å². The lowest BCUT2D eigenvalue weighted by Crippen LogP contribution is -2.54. The number of hydrogen-bond donors (Lipinski definition) is 2. The van der Waals surface area contributed by atoms with Gasteiger partial charge in [0.1, 0.15) is 11.9 Å². The molecule has 0 radical (unpaired) electrons.